The molecule has 0 aromatic heterocycles. The summed E-state index contributed by atoms with van der Waals surface area (Å²) in [6.45, 7) is 3.75. The van der Waals surface area contributed by atoms with Gasteiger partial charge in [-0.3, -0.25) is 0 Å². The van der Waals surface area contributed by atoms with E-state index in [1.165, 1.54) is 19.3 Å². The fourth-order valence-electron chi connectivity index (χ4n) is 1.63. The molecule has 0 aromatic rings. The van der Waals surface area contributed by atoms with Gasteiger partial charge >= 0.3 is 0 Å². The third-order valence-corrected chi connectivity index (χ3v) is 2.44. The summed E-state index contributed by atoms with van der Waals surface area (Å²) >= 11 is 0. The van der Waals surface area contributed by atoms with Crippen LogP contribution in [-0.4, -0.2) is 17.7 Å². The van der Waals surface area contributed by atoms with Crippen LogP contribution in [0, 0.1) is 5.21 Å². The highest BCUT2D eigenvalue weighted by atomic mass is 16.5. The summed E-state index contributed by atoms with van der Waals surface area (Å²) in [7, 11) is 0. The molecule has 70 valence electrons. The lowest BCUT2D eigenvalue weighted by Crippen LogP contribution is -2.34. The Kier molecular flexibility index (Phi) is 3.76. The Morgan fingerprint density at radius 3 is 2.75 bits per heavy atom. The molecular weight excluding hydrogens is 150 g/mol. The van der Waals surface area contributed by atoms with Crippen molar-refractivity contribution in [2.24, 2.45) is 0 Å². The minimum absolute atomic E-state index is 0.0658. The first-order valence-corrected chi connectivity index (χ1v) is 5.02. The molecule has 1 aliphatic heterocycles. The van der Waals surface area contributed by atoms with Crippen LogP contribution in [0.15, 0.2) is 12.3 Å². The molecule has 1 heterocycles. The zero-order chi connectivity index (χ0) is 8.86. The van der Waals surface area contributed by atoms with Crippen LogP contribution in [0.4, 0.5) is 0 Å². The molecule has 0 saturated carbocycles. The molecule has 1 atom stereocenters. The van der Waals surface area contributed by atoms with E-state index in [9.17, 15) is 5.21 Å². The third-order valence-electron chi connectivity index (χ3n) is 2.44. The first-order chi connectivity index (χ1) is 5.77. The van der Waals surface area contributed by atoms with Crippen molar-refractivity contribution in [3.05, 3.63) is 17.5 Å². The molecule has 1 rings (SSSR count). The Morgan fingerprint density at radius 1 is 1.33 bits per heavy atom. The maximum absolute atomic E-state index is 11.7. The molecule has 0 N–H and O–H groups in total. The lowest BCUT2D eigenvalue weighted by molar-refractivity contribution is -0.823. The van der Waals surface area contributed by atoms with Crippen LogP contribution < -0.4 is 0 Å². The van der Waals surface area contributed by atoms with Crippen LogP contribution in [0.1, 0.15) is 39.0 Å². The van der Waals surface area contributed by atoms with E-state index in [1.807, 2.05) is 12.3 Å². The van der Waals surface area contributed by atoms with Gasteiger partial charge in [-0.05, 0) is 18.9 Å². The number of unbranched alkanes of at least 4 members (excludes halogenated alkanes) is 3. The van der Waals surface area contributed by atoms with Crippen LogP contribution in [0.5, 0.6) is 0 Å². The molecule has 12 heavy (non-hydrogen) atoms. The predicted molar refractivity (Wildman–Crippen MR) is 51.3 cm³/mol. The zero-order valence-corrected chi connectivity index (χ0v) is 7.96. The molecule has 0 spiro atoms. The summed E-state index contributed by atoms with van der Waals surface area (Å²) in [5, 5.41) is 11.7. The van der Waals surface area contributed by atoms with Crippen LogP contribution in [-0.2, 0) is 0 Å². The first kappa shape index (κ1) is 9.75. The van der Waals surface area contributed by atoms with Crippen molar-refractivity contribution in [1.82, 2.24) is 0 Å². The van der Waals surface area contributed by atoms with E-state index in [-0.39, 0.29) is 4.65 Å². The van der Waals surface area contributed by atoms with Gasteiger partial charge in [-0.15, -0.1) is 0 Å². The van der Waals surface area contributed by atoms with Crippen LogP contribution >= 0.6 is 0 Å². The highest BCUT2D eigenvalue weighted by Gasteiger charge is 2.16. The van der Waals surface area contributed by atoms with E-state index in [2.05, 4.69) is 6.92 Å². The van der Waals surface area contributed by atoms with Crippen LogP contribution in [0.3, 0.4) is 0 Å². The van der Waals surface area contributed by atoms with Crippen LogP contribution in [0.25, 0.3) is 0 Å². The van der Waals surface area contributed by atoms with E-state index in [0.717, 1.165) is 25.9 Å². The van der Waals surface area contributed by atoms with Crippen molar-refractivity contribution in [3.63, 3.8) is 0 Å². The van der Waals surface area contributed by atoms with E-state index in [1.54, 1.807) is 0 Å². The van der Waals surface area contributed by atoms with E-state index >= 15 is 0 Å². The largest absolute Gasteiger partial charge is 0.628 e. The Balaban J connectivity index is 2.09. The highest BCUT2D eigenvalue weighted by Crippen LogP contribution is 2.16. The molecule has 2 nitrogen and oxygen atoms in total. The van der Waals surface area contributed by atoms with Crippen molar-refractivity contribution in [3.8, 4) is 0 Å². The third kappa shape index (κ3) is 2.95. The average molecular weight is 169 g/mol. The number of hydrogen-bond acceptors (Lipinski definition) is 1. The Morgan fingerprint density at radius 2 is 2.17 bits per heavy atom. The summed E-state index contributed by atoms with van der Waals surface area (Å²) in [4.78, 5) is 0. The SMILES string of the molecule is CCCCCC[N+]1([O-])C=CCC1. The Labute approximate surface area is 75.0 Å². The fourth-order valence-corrected chi connectivity index (χ4v) is 1.63. The molecule has 0 radical (unpaired) electrons. The van der Waals surface area contributed by atoms with Gasteiger partial charge in [-0.25, -0.2) is 0 Å². The molecule has 0 aliphatic carbocycles. The maximum Gasteiger partial charge on any atom is 0.0920 e. The van der Waals surface area contributed by atoms with Gasteiger partial charge in [0, 0.05) is 6.42 Å². The standard InChI is InChI=1S/C10H19NO/c1-2-3-4-5-8-11(12)9-6-7-10-11/h6,9H,2-5,7-8,10H2,1H3. The molecule has 0 aromatic carbocycles. The lowest BCUT2D eigenvalue weighted by Gasteiger charge is -2.35. The van der Waals surface area contributed by atoms with Gasteiger partial charge in [-0.1, -0.05) is 19.8 Å². The quantitative estimate of drug-likeness (QED) is 0.352. The van der Waals surface area contributed by atoms with Gasteiger partial charge in [0.05, 0.1) is 19.3 Å². The summed E-state index contributed by atoms with van der Waals surface area (Å²) < 4.78 is -0.0658. The van der Waals surface area contributed by atoms with Gasteiger partial charge < -0.3 is 9.85 Å². The summed E-state index contributed by atoms with van der Waals surface area (Å²) in [5.74, 6) is 0. The van der Waals surface area contributed by atoms with E-state index < -0.39 is 0 Å². The Bertz CT molecular complexity index is 156. The van der Waals surface area contributed by atoms with Gasteiger partial charge in [0.25, 0.3) is 0 Å². The second kappa shape index (κ2) is 4.63. The molecule has 0 bridgehead atoms. The fraction of sp³-hybridized carbons (Fsp3) is 0.800. The molecule has 1 aliphatic rings. The number of nitrogens with zero attached hydrogens (tertiary/aromatic N) is 1. The normalized spacial score (nSPS) is 28.2. The van der Waals surface area contributed by atoms with Crippen molar-refractivity contribution in [1.29, 1.82) is 0 Å². The molecule has 2 heteroatoms. The number of rotatable bonds is 5. The van der Waals surface area contributed by atoms with Gasteiger partial charge in [0.15, 0.2) is 0 Å². The van der Waals surface area contributed by atoms with Crippen molar-refractivity contribution < 1.29 is 4.65 Å². The molecular formula is C10H19NO. The van der Waals surface area contributed by atoms with Crippen molar-refractivity contribution in [2.45, 2.75) is 39.0 Å². The number of hydroxylamine groups is 3. The smallest absolute Gasteiger partial charge is 0.0920 e. The van der Waals surface area contributed by atoms with E-state index in [4.69, 9.17) is 0 Å². The van der Waals surface area contributed by atoms with Gasteiger partial charge in [0.2, 0.25) is 0 Å². The summed E-state index contributed by atoms with van der Waals surface area (Å²) in [6, 6.07) is 0. The second-order valence-corrected chi connectivity index (χ2v) is 3.63. The Hall–Kier alpha value is -0.340. The predicted octanol–water partition coefficient (Wildman–Crippen LogP) is 2.80. The minimum atomic E-state index is -0.0658. The minimum Gasteiger partial charge on any atom is -0.628 e. The molecule has 0 saturated heterocycles. The topological polar surface area (TPSA) is 23.1 Å². The van der Waals surface area contributed by atoms with Crippen LogP contribution in [0.2, 0.25) is 0 Å². The summed E-state index contributed by atoms with van der Waals surface area (Å²) in [6.07, 6.45) is 9.60. The molecule has 1 unspecified atom stereocenters. The second-order valence-electron chi connectivity index (χ2n) is 3.63. The van der Waals surface area contributed by atoms with Gasteiger partial charge in [0.1, 0.15) is 0 Å². The monoisotopic (exact) mass is 169 g/mol. The maximum atomic E-state index is 11.7. The van der Waals surface area contributed by atoms with Crippen molar-refractivity contribution >= 4 is 0 Å². The highest BCUT2D eigenvalue weighted by molar-refractivity contribution is 4.82. The lowest BCUT2D eigenvalue weighted by atomic mass is 10.2. The number of hydrogen-bond donors (Lipinski definition) is 0. The molecule has 0 fully saturated rings. The zero-order valence-electron chi connectivity index (χ0n) is 7.96. The van der Waals surface area contributed by atoms with Gasteiger partial charge in [-0.2, -0.15) is 0 Å². The number of quaternary nitrogens is 1. The van der Waals surface area contributed by atoms with E-state index in [0.29, 0.717) is 0 Å². The molecule has 0 amide bonds. The van der Waals surface area contributed by atoms with Crippen molar-refractivity contribution in [2.75, 3.05) is 13.1 Å². The first-order valence-electron chi connectivity index (χ1n) is 5.02. The average Bonchev–Trinajstić information content (AvgIpc) is 2.47. The summed E-state index contributed by atoms with van der Waals surface area (Å²) in [5.41, 5.74) is 0.